The molecule has 1 heterocycles. The molecule has 2 unspecified atom stereocenters. The Bertz CT molecular complexity index is 136. The van der Waals surface area contributed by atoms with Crippen molar-refractivity contribution in [3.63, 3.8) is 0 Å². The number of hydrogen-bond acceptors (Lipinski definition) is 1. The second-order valence-electron chi connectivity index (χ2n) is 4.14. The highest BCUT2D eigenvalue weighted by Gasteiger charge is 2.23. The van der Waals surface area contributed by atoms with Gasteiger partial charge in [0, 0.05) is 18.6 Å². The Morgan fingerprint density at radius 3 is 2.50 bits per heavy atom. The maximum Gasteiger partial charge on any atom is 0.101 e. The summed E-state index contributed by atoms with van der Waals surface area (Å²) < 4.78 is 13.0. The summed E-state index contributed by atoms with van der Waals surface area (Å²) in [4.78, 5) is 2.40. The first kappa shape index (κ1) is 9.97. The average Bonchev–Trinajstić information content (AvgIpc) is 2.14. The Kier molecular flexibility index (Phi) is 3.51. The van der Waals surface area contributed by atoms with Crippen LogP contribution in [0.1, 0.15) is 40.0 Å². The summed E-state index contributed by atoms with van der Waals surface area (Å²) in [5.41, 5.74) is 0. The van der Waals surface area contributed by atoms with E-state index < -0.39 is 6.17 Å². The van der Waals surface area contributed by atoms with E-state index in [0.717, 1.165) is 25.8 Å². The summed E-state index contributed by atoms with van der Waals surface area (Å²) in [6, 6.07) is 1.12. The van der Waals surface area contributed by atoms with E-state index in [4.69, 9.17) is 0 Å². The van der Waals surface area contributed by atoms with Crippen LogP contribution in [0.2, 0.25) is 0 Å². The van der Waals surface area contributed by atoms with Crippen molar-refractivity contribution in [3.8, 4) is 0 Å². The van der Waals surface area contributed by atoms with Gasteiger partial charge in [-0.3, -0.25) is 4.90 Å². The molecule has 1 fully saturated rings. The summed E-state index contributed by atoms with van der Waals surface area (Å²) >= 11 is 0. The third-order valence-electron chi connectivity index (χ3n) is 2.83. The molecule has 1 rings (SSSR count). The molecule has 2 heteroatoms. The topological polar surface area (TPSA) is 3.24 Å². The highest BCUT2D eigenvalue weighted by Crippen LogP contribution is 2.20. The number of halogens is 1. The third-order valence-corrected chi connectivity index (χ3v) is 2.83. The van der Waals surface area contributed by atoms with Gasteiger partial charge in [-0.25, -0.2) is 4.39 Å². The van der Waals surface area contributed by atoms with E-state index in [-0.39, 0.29) is 0 Å². The predicted molar refractivity (Wildman–Crippen MR) is 50.1 cm³/mol. The summed E-state index contributed by atoms with van der Waals surface area (Å²) in [6.45, 7) is 7.52. The molecule has 2 atom stereocenters. The average molecular weight is 173 g/mol. The lowest BCUT2D eigenvalue weighted by Crippen LogP contribution is -2.38. The molecule has 1 aliphatic heterocycles. The van der Waals surface area contributed by atoms with Gasteiger partial charge in [-0.2, -0.15) is 0 Å². The standard InChI is InChI=1S/C10H20FN/c1-8(2)12-7-6-10(11)5-4-9(12)3/h8-10H,4-7H2,1-3H3. The summed E-state index contributed by atoms with van der Waals surface area (Å²) in [7, 11) is 0. The Hall–Kier alpha value is -0.110. The molecule has 1 nitrogen and oxygen atoms in total. The second-order valence-corrected chi connectivity index (χ2v) is 4.14. The minimum Gasteiger partial charge on any atom is -0.298 e. The molecular formula is C10H20FN. The van der Waals surface area contributed by atoms with Crippen molar-refractivity contribution >= 4 is 0 Å². The fourth-order valence-electron chi connectivity index (χ4n) is 2.01. The van der Waals surface area contributed by atoms with Crippen LogP contribution in [0.25, 0.3) is 0 Å². The lowest BCUT2D eigenvalue weighted by Gasteiger charge is -2.30. The van der Waals surface area contributed by atoms with Crippen LogP contribution in [0, 0.1) is 0 Å². The van der Waals surface area contributed by atoms with E-state index in [1.54, 1.807) is 0 Å². The number of alkyl halides is 1. The van der Waals surface area contributed by atoms with Gasteiger partial charge in [0.2, 0.25) is 0 Å². The molecule has 12 heavy (non-hydrogen) atoms. The first-order chi connectivity index (χ1) is 5.61. The molecule has 0 N–H and O–H groups in total. The number of hydrogen-bond donors (Lipinski definition) is 0. The summed E-state index contributed by atoms with van der Waals surface area (Å²) in [6.07, 6.45) is 1.93. The molecule has 0 radical (unpaired) electrons. The van der Waals surface area contributed by atoms with Gasteiger partial charge in [0.25, 0.3) is 0 Å². The maximum absolute atomic E-state index is 13.0. The molecule has 0 aromatic heterocycles. The van der Waals surface area contributed by atoms with Gasteiger partial charge in [0.05, 0.1) is 0 Å². The van der Waals surface area contributed by atoms with E-state index in [1.807, 2.05) is 0 Å². The van der Waals surface area contributed by atoms with Crippen LogP contribution in [0.3, 0.4) is 0 Å². The molecule has 0 amide bonds. The van der Waals surface area contributed by atoms with Gasteiger partial charge in [-0.1, -0.05) is 0 Å². The molecule has 0 spiro atoms. The zero-order valence-corrected chi connectivity index (χ0v) is 8.39. The smallest absolute Gasteiger partial charge is 0.101 e. The van der Waals surface area contributed by atoms with E-state index in [9.17, 15) is 4.39 Å². The van der Waals surface area contributed by atoms with Crippen LogP contribution in [0.15, 0.2) is 0 Å². The van der Waals surface area contributed by atoms with Crippen molar-refractivity contribution in [2.75, 3.05) is 6.54 Å². The van der Waals surface area contributed by atoms with Gasteiger partial charge in [0.15, 0.2) is 0 Å². The second kappa shape index (κ2) is 4.22. The predicted octanol–water partition coefficient (Wildman–Crippen LogP) is 2.61. The Labute approximate surface area is 74.9 Å². The van der Waals surface area contributed by atoms with Crippen LogP contribution < -0.4 is 0 Å². The van der Waals surface area contributed by atoms with Crippen molar-refractivity contribution in [2.24, 2.45) is 0 Å². The molecule has 1 saturated heterocycles. The zero-order valence-electron chi connectivity index (χ0n) is 8.39. The fourth-order valence-corrected chi connectivity index (χ4v) is 2.01. The number of rotatable bonds is 1. The van der Waals surface area contributed by atoms with Crippen molar-refractivity contribution in [3.05, 3.63) is 0 Å². The first-order valence-electron chi connectivity index (χ1n) is 5.01. The lowest BCUT2D eigenvalue weighted by molar-refractivity contribution is 0.166. The van der Waals surface area contributed by atoms with Gasteiger partial charge in [0.1, 0.15) is 6.17 Å². The van der Waals surface area contributed by atoms with Crippen LogP contribution in [-0.2, 0) is 0 Å². The van der Waals surface area contributed by atoms with Crippen molar-refractivity contribution < 1.29 is 4.39 Å². The molecular weight excluding hydrogens is 153 g/mol. The molecule has 0 aromatic carbocycles. The minimum absolute atomic E-state index is 0.559. The Morgan fingerprint density at radius 2 is 1.92 bits per heavy atom. The van der Waals surface area contributed by atoms with Gasteiger partial charge < -0.3 is 0 Å². The van der Waals surface area contributed by atoms with Crippen LogP contribution in [0.4, 0.5) is 4.39 Å². The minimum atomic E-state index is -0.559. The monoisotopic (exact) mass is 173 g/mol. The molecule has 0 saturated carbocycles. The Morgan fingerprint density at radius 1 is 1.25 bits per heavy atom. The normalized spacial score (nSPS) is 33.8. The summed E-state index contributed by atoms with van der Waals surface area (Å²) in [5, 5.41) is 0. The van der Waals surface area contributed by atoms with E-state index in [2.05, 4.69) is 25.7 Å². The SMILES string of the molecule is CC(C)N1CCC(F)CCC1C. The van der Waals surface area contributed by atoms with Gasteiger partial charge in [-0.05, 0) is 40.0 Å². The Balaban J connectivity index is 2.50. The third kappa shape index (κ3) is 2.44. The molecule has 0 aliphatic carbocycles. The number of likely N-dealkylation sites (tertiary alicyclic amines) is 1. The molecule has 1 aliphatic rings. The van der Waals surface area contributed by atoms with Gasteiger partial charge >= 0.3 is 0 Å². The van der Waals surface area contributed by atoms with Crippen LogP contribution in [0.5, 0.6) is 0 Å². The molecule has 0 bridgehead atoms. The fraction of sp³-hybridized carbons (Fsp3) is 1.00. The first-order valence-corrected chi connectivity index (χ1v) is 5.01. The molecule has 0 aromatic rings. The lowest BCUT2D eigenvalue weighted by atomic mass is 10.1. The van der Waals surface area contributed by atoms with E-state index in [0.29, 0.717) is 12.1 Å². The van der Waals surface area contributed by atoms with Crippen LogP contribution >= 0.6 is 0 Å². The number of nitrogens with zero attached hydrogens (tertiary/aromatic N) is 1. The van der Waals surface area contributed by atoms with E-state index in [1.165, 1.54) is 0 Å². The maximum atomic E-state index is 13.0. The zero-order chi connectivity index (χ0) is 9.14. The van der Waals surface area contributed by atoms with E-state index >= 15 is 0 Å². The van der Waals surface area contributed by atoms with Crippen molar-refractivity contribution in [1.29, 1.82) is 0 Å². The summed E-state index contributed by atoms with van der Waals surface area (Å²) in [5.74, 6) is 0. The van der Waals surface area contributed by atoms with Crippen molar-refractivity contribution in [1.82, 2.24) is 4.90 Å². The largest absolute Gasteiger partial charge is 0.298 e. The van der Waals surface area contributed by atoms with Crippen LogP contribution in [-0.4, -0.2) is 29.7 Å². The molecule has 72 valence electrons. The quantitative estimate of drug-likeness (QED) is 0.589. The highest BCUT2D eigenvalue weighted by atomic mass is 19.1. The van der Waals surface area contributed by atoms with Gasteiger partial charge in [-0.15, -0.1) is 0 Å². The highest BCUT2D eigenvalue weighted by molar-refractivity contribution is 4.77. The van der Waals surface area contributed by atoms with Crippen molar-refractivity contribution in [2.45, 2.75) is 58.3 Å².